The van der Waals surface area contributed by atoms with Crippen molar-refractivity contribution >= 4 is 33.2 Å². The largest absolute Gasteiger partial charge is 0.480 e. The smallest absolute Gasteiger partial charge is 0.326 e. The Morgan fingerprint density at radius 2 is 2.41 bits per heavy atom. The number of carboxylic acids is 1. The van der Waals surface area contributed by atoms with E-state index in [9.17, 15) is 4.79 Å². The van der Waals surface area contributed by atoms with Gasteiger partial charge in [-0.25, -0.2) is 4.79 Å². The first-order valence-electron chi connectivity index (χ1n) is 5.10. The summed E-state index contributed by atoms with van der Waals surface area (Å²) in [6.07, 6.45) is 2.32. The first kappa shape index (κ1) is 10.5. The maximum absolute atomic E-state index is 11.0. The molecule has 0 saturated carbocycles. The molecule has 88 valence electrons. The lowest BCUT2D eigenvalue weighted by molar-refractivity contribution is -0.137. The van der Waals surface area contributed by atoms with Gasteiger partial charge in [0.25, 0.3) is 0 Å². The SMILES string of the molecule is Cc1nnc2c3c(c(Br)cn12)CC(C(=O)O)N3. The van der Waals surface area contributed by atoms with E-state index in [1.54, 1.807) is 0 Å². The Kier molecular flexibility index (Phi) is 2.12. The number of aromatic nitrogens is 3. The molecule has 0 spiro atoms. The van der Waals surface area contributed by atoms with E-state index < -0.39 is 12.0 Å². The molecule has 3 heterocycles. The third-order valence-corrected chi connectivity index (χ3v) is 3.63. The Morgan fingerprint density at radius 3 is 3.12 bits per heavy atom. The fourth-order valence-electron chi connectivity index (χ4n) is 2.07. The standard InChI is InChI=1S/C10H9BrN4O2/c1-4-13-14-9-8-5(6(11)3-15(4)9)2-7(12-8)10(16)17/h3,7,12H,2H2,1H3,(H,16,17). The van der Waals surface area contributed by atoms with Gasteiger partial charge in [-0.3, -0.25) is 4.40 Å². The van der Waals surface area contributed by atoms with Crippen LogP contribution in [0.25, 0.3) is 5.65 Å². The minimum absolute atomic E-state index is 0.452. The van der Waals surface area contributed by atoms with Gasteiger partial charge in [-0.15, -0.1) is 10.2 Å². The van der Waals surface area contributed by atoms with Gasteiger partial charge in [-0.1, -0.05) is 0 Å². The van der Waals surface area contributed by atoms with Crippen LogP contribution in [0.15, 0.2) is 10.7 Å². The van der Waals surface area contributed by atoms with Gasteiger partial charge in [-0.2, -0.15) is 0 Å². The van der Waals surface area contributed by atoms with Crippen LogP contribution in [0, 0.1) is 6.92 Å². The molecule has 1 atom stereocenters. The summed E-state index contributed by atoms with van der Waals surface area (Å²) in [6, 6.07) is -0.593. The molecular formula is C10H9BrN4O2. The highest BCUT2D eigenvalue weighted by Gasteiger charge is 2.30. The number of pyridine rings is 1. The lowest BCUT2D eigenvalue weighted by atomic mass is 10.1. The molecule has 0 fully saturated rings. The molecule has 1 aliphatic heterocycles. The van der Waals surface area contributed by atoms with E-state index in [1.807, 2.05) is 17.5 Å². The average molecular weight is 297 g/mol. The predicted octanol–water partition coefficient (Wildman–Crippen LogP) is 1.22. The predicted molar refractivity (Wildman–Crippen MR) is 64.2 cm³/mol. The van der Waals surface area contributed by atoms with E-state index in [4.69, 9.17) is 5.11 Å². The monoisotopic (exact) mass is 296 g/mol. The van der Waals surface area contributed by atoms with Crippen molar-refractivity contribution < 1.29 is 9.90 Å². The van der Waals surface area contributed by atoms with Gasteiger partial charge in [0.15, 0.2) is 5.65 Å². The highest BCUT2D eigenvalue weighted by Crippen LogP contribution is 2.35. The van der Waals surface area contributed by atoms with Crippen molar-refractivity contribution in [3.8, 4) is 0 Å². The van der Waals surface area contributed by atoms with Gasteiger partial charge in [0.2, 0.25) is 0 Å². The van der Waals surface area contributed by atoms with Crippen molar-refractivity contribution in [3.63, 3.8) is 0 Å². The van der Waals surface area contributed by atoms with E-state index in [0.717, 1.165) is 21.5 Å². The quantitative estimate of drug-likeness (QED) is 0.827. The number of hydrogen-bond acceptors (Lipinski definition) is 4. The number of rotatable bonds is 1. The van der Waals surface area contributed by atoms with Gasteiger partial charge in [0.05, 0.1) is 5.69 Å². The van der Waals surface area contributed by atoms with Crippen molar-refractivity contribution in [1.82, 2.24) is 14.6 Å². The molecular weight excluding hydrogens is 288 g/mol. The van der Waals surface area contributed by atoms with Crippen LogP contribution < -0.4 is 5.32 Å². The van der Waals surface area contributed by atoms with Crippen LogP contribution in [0.2, 0.25) is 0 Å². The molecule has 2 N–H and O–H groups in total. The third kappa shape index (κ3) is 1.42. The molecule has 0 aliphatic carbocycles. The van der Waals surface area contributed by atoms with Gasteiger partial charge in [0.1, 0.15) is 11.9 Å². The fourth-order valence-corrected chi connectivity index (χ4v) is 2.63. The van der Waals surface area contributed by atoms with Gasteiger partial charge in [-0.05, 0) is 28.4 Å². The Labute approximate surface area is 105 Å². The van der Waals surface area contributed by atoms with Gasteiger partial charge >= 0.3 is 5.97 Å². The Balaban J connectivity index is 2.24. The summed E-state index contributed by atoms with van der Waals surface area (Å²) >= 11 is 3.45. The van der Waals surface area contributed by atoms with Crippen LogP contribution in [0.1, 0.15) is 11.4 Å². The molecule has 2 aromatic rings. The molecule has 6 nitrogen and oxygen atoms in total. The molecule has 0 radical (unpaired) electrons. The zero-order valence-electron chi connectivity index (χ0n) is 8.94. The Hall–Kier alpha value is -1.63. The second-order valence-corrected chi connectivity index (χ2v) is 4.87. The van der Waals surface area contributed by atoms with Crippen molar-refractivity contribution in [2.75, 3.05) is 5.32 Å². The summed E-state index contributed by atoms with van der Waals surface area (Å²) in [6.45, 7) is 1.85. The molecule has 0 aromatic carbocycles. The van der Waals surface area contributed by atoms with E-state index in [1.165, 1.54) is 0 Å². The summed E-state index contributed by atoms with van der Waals surface area (Å²) in [5.74, 6) is -0.0911. The lowest BCUT2D eigenvalue weighted by Crippen LogP contribution is -2.26. The summed E-state index contributed by atoms with van der Waals surface area (Å²) in [4.78, 5) is 11.0. The Bertz CT molecular complexity index is 637. The highest BCUT2D eigenvalue weighted by molar-refractivity contribution is 9.10. The number of aliphatic carboxylic acids is 1. The summed E-state index contributed by atoms with van der Waals surface area (Å²) in [5.41, 5.74) is 2.37. The molecule has 0 amide bonds. The number of nitrogens with one attached hydrogen (secondary N) is 1. The van der Waals surface area contributed by atoms with Gasteiger partial charge < -0.3 is 10.4 Å². The molecule has 3 rings (SSSR count). The number of carboxylic acid groups (broad SMARTS) is 1. The van der Waals surface area contributed by atoms with Crippen molar-refractivity contribution in [1.29, 1.82) is 0 Å². The van der Waals surface area contributed by atoms with Gasteiger partial charge in [0, 0.05) is 17.1 Å². The average Bonchev–Trinajstić information content (AvgIpc) is 2.84. The lowest BCUT2D eigenvalue weighted by Gasteiger charge is -2.05. The van der Waals surface area contributed by atoms with E-state index in [2.05, 4.69) is 31.4 Å². The number of carbonyl (C=O) groups is 1. The minimum atomic E-state index is -0.859. The van der Waals surface area contributed by atoms with Crippen LogP contribution in [0.4, 0.5) is 5.69 Å². The summed E-state index contributed by atoms with van der Waals surface area (Å²) < 4.78 is 2.71. The number of halogens is 1. The number of aryl methyl sites for hydroxylation is 1. The Morgan fingerprint density at radius 1 is 1.65 bits per heavy atom. The van der Waals surface area contributed by atoms with Crippen molar-refractivity contribution in [2.45, 2.75) is 19.4 Å². The molecule has 0 bridgehead atoms. The van der Waals surface area contributed by atoms with Crippen LogP contribution in [0.3, 0.4) is 0 Å². The molecule has 2 aromatic heterocycles. The van der Waals surface area contributed by atoms with Crippen LogP contribution in [0.5, 0.6) is 0 Å². The molecule has 7 heteroatoms. The summed E-state index contributed by atoms with van der Waals surface area (Å²) in [7, 11) is 0. The van der Waals surface area contributed by atoms with Crippen LogP contribution >= 0.6 is 15.9 Å². The number of hydrogen-bond donors (Lipinski definition) is 2. The maximum atomic E-state index is 11.0. The third-order valence-electron chi connectivity index (χ3n) is 2.95. The fraction of sp³-hybridized carbons (Fsp3) is 0.300. The first-order valence-corrected chi connectivity index (χ1v) is 5.89. The zero-order valence-corrected chi connectivity index (χ0v) is 10.5. The minimum Gasteiger partial charge on any atom is -0.480 e. The highest BCUT2D eigenvalue weighted by atomic mass is 79.9. The second kappa shape index (κ2) is 3.43. The summed E-state index contributed by atoms with van der Waals surface area (Å²) in [5, 5.41) is 20.1. The number of fused-ring (bicyclic) bond motifs is 3. The number of anilines is 1. The van der Waals surface area contributed by atoms with Crippen molar-refractivity contribution in [2.24, 2.45) is 0 Å². The topological polar surface area (TPSA) is 79.5 Å². The van der Waals surface area contributed by atoms with Crippen LogP contribution in [-0.4, -0.2) is 31.7 Å². The number of nitrogens with zero attached hydrogens (tertiary/aromatic N) is 3. The van der Waals surface area contributed by atoms with E-state index >= 15 is 0 Å². The normalized spacial score (nSPS) is 18.1. The van der Waals surface area contributed by atoms with E-state index in [-0.39, 0.29) is 0 Å². The molecule has 1 unspecified atom stereocenters. The molecule has 17 heavy (non-hydrogen) atoms. The molecule has 0 saturated heterocycles. The van der Waals surface area contributed by atoms with Crippen molar-refractivity contribution in [3.05, 3.63) is 22.1 Å². The van der Waals surface area contributed by atoms with Crippen LogP contribution in [-0.2, 0) is 11.2 Å². The maximum Gasteiger partial charge on any atom is 0.326 e. The zero-order chi connectivity index (χ0) is 12.2. The molecule has 1 aliphatic rings. The second-order valence-electron chi connectivity index (χ2n) is 4.01. The first-order chi connectivity index (χ1) is 8.08. The van der Waals surface area contributed by atoms with E-state index in [0.29, 0.717) is 12.1 Å².